The van der Waals surface area contributed by atoms with E-state index in [0.717, 1.165) is 16.6 Å². The Balaban J connectivity index is 2.24. The monoisotopic (exact) mass is 290 g/mol. The number of amides is 1. The molecule has 0 spiro atoms. The van der Waals surface area contributed by atoms with E-state index in [1.165, 1.54) is 39.8 Å². The molecule has 1 rings (SSSR count). The highest BCUT2D eigenvalue weighted by Gasteiger charge is 2.20. The van der Waals surface area contributed by atoms with Crippen LogP contribution in [0.25, 0.3) is 0 Å². The van der Waals surface area contributed by atoms with Crippen LogP contribution in [0.5, 0.6) is 0 Å². The standard InChI is InChI=1S/C13H26N2O3S/c1-11-5-4-6-12(9-11)7-8-14-13(16)10-19(17,18)15(2)3/h11-12H,4-10H2,1-3H3,(H,14,16)/t11-,12-/m0/s1. The van der Waals surface area contributed by atoms with Crippen LogP contribution in [0.3, 0.4) is 0 Å². The number of nitrogens with zero attached hydrogens (tertiary/aromatic N) is 1. The van der Waals surface area contributed by atoms with Gasteiger partial charge in [-0.15, -0.1) is 0 Å². The first-order valence-electron chi connectivity index (χ1n) is 6.98. The van der Waals surface area contributed by atoms with Crippen molar-refractivity contribution in [1.82, 2.24) is 9.62 Å². The van der Waals surface area contributed by atoms with E-state index in [4.69, 9.17) is 0 Å². The molecule has 0 saturated heterocycles. The van der Waals surface area contributed by atoms with Crippen molar-refractivity contribution in [2.45, 2.75) is 39.0 Å². The molecule has 19 heavy (non-hydrogen) atoms. The van der Waals surface area contributed by atoms with Gasteiger partial charge >= 0.3 is 0 Å². The SMILES string of the molecule is C[C@H]1CCC[C@@H](CCNC(=O)CS(=O)(=O)N(C)C)C1. The second kappa shape index (κ2) is 7.24. The van der Waals surface area contributed by atoms with Gasteiger partial charge in [-0.1, -0.05) is 26.2 Å². The Morgan fingerprint density at radius 1 is 1.32 bits per heavy atom. The summed E-state index contributed by atoms with van der Waals surface area (Å²) in [4.78, 5) is 11.6. The van der Waals surface area contributed by atoms with Gasteiger partial charge in [-0.25, -0.2) is 12.7 Å². The maximum atomic E-state index is 11.6. The third kappa shape index (κ3) is 5.91. The van der Waals surface area contributed by atoms with E-state index in [-0.39, 0.29) is 0 Å². The second-order valence-corrected chi connectivity index (χ2v) is 8.00. The zero-order valence-electron chi connectivity index (χ0n) is 12.2. The first-order valence-corrected chi connectivity index (χ1v) is 8.59. The van der Waals surface area contributed by atoms with Gasteiger partial charge in [-0.3, -0.25) is 4.79 Å². The smallest absolute Gasteiger partial charge is 0.236 e. The predicted octanol–water partition coefficient (Wildman–Crippen LogP) is 1.21. The molecule has 1 N–H and O–H groups in total. The Hall–Kier alpha value is -0.620. The van der Waals surface area contributed by atoms with Crippen molar-refractivity contribution in [3.05, 3.63) is 0 Å². The van der Waals surface area contributed by atoms with Gasteiger partial charge in [0.05, 0.1) is 0 Å². The van der Waals surface area contributed by atoms with Gasteiger partial charge in [0.1, 0.15) is 5.75 Å². The van der Waals surface area contributed by atoms with Gasteiger partial charge in [0, 0.05) is 20.6 Å². The number of nitrogens with one attached hydrogen (secondary N) is 1. The van der Waals surface area contributed by atoms with Crippen LogP contribution in [0.2, 0.25) is 0 Å². The lowest BCUT2D eigenvalue weighted by atomic mass is 9.81. The summed E-state index contributed by atoms with van der Waals surface area (Å²) in [6.45, 7) is 2.85. The van der Waals surface area contributed by atoms with Crippen molar-refractivity contribution in [3.8, 4) is 0 Å². The van der Waals surface area contributed by atoms with Crippen LogP contribution in [0.4, 0.5) is 0 Å². The van der Waals surface area contributed by atoms with E-state index >= 15 is 0 Å². The fourth-order valence-corrected chi connectivity index (χ4v) is 3.28. The van der Waals surface area contributed by atoms with Crippen LogP contribution in [0, 0.1) is 11.8 Å². The van der Waals surface area contributed by atoms with Crippen LogP contribution in [0.15, 0.2) is 0 Å². The lowest BCUT2D eigenvalue weighted by Gasteiger charge is -2.26. The Morgan fingerprint density at radius 2 is 2.00 bits per heavy atom. The van der Waals surface area contributed by atoms with Crippen molar-refractivity contribution in [3.63, 3.8) is 0 Å². The minimum absolute atomic E-state index is 0.405. The zero-order chi connectivity index (χ0) is 14.5. The largest absolute Gasteiger partial charge is 0.355 e. The van der Waals surface area contributed by atoms with E-state index in [2.05, 4.69) is 12.2 Å². The first-order chi connectivity index (χ1) is 8.81. The van der Waals surface area contributed by atoms with Gasteiger partial charge < -0.3 is 5.32 Å². The number of hydrogen-bond acceptors (Lipinski definition) is 3. The van der Waals surface area contributed by atoms with Crippen molar-refractivity contribution in [2.75, 3.05) is 26.4 Å². The number of carbonyl (C=O) groups excluding carboxylic acids is 1. The van der Waals surface area contributed by atoms with Gasteiger partial charge in [-0.2, -0.15) is 0 Å². The number of rotatable bonds is 6. The van der Waals surface area contributed by atoms with Crippen LogP contribution in [0.1, 0.15) is 39.0 Å². The molecule has 0 heterocycles. The van der Waals surface area contributed by atoms with Crippen LogP contribution in [-0.2, 0) is 14.8 Å². The van der Waals surface area contributed by atoms with Gasteiger partial charge in [0.2, 0.25) is 15.9 Å². The normalized spacial score (nSPS) is 24.4. The number of carbonyl (C=O) groups is 1. The molecular formula is C13H26N2O3S. The van der Waals surface area contributed by atoms with E-state index in [0.29, 0.717) is 12.5 Å². The van der Waals surface area contributed by atoms with Crippen molar-refractivity contribution in [2.24, 2.45) is 11.8 Å². The van der Waals surface area contributed by atoms with Gasteiger partial charge in [-0.05, 0) is 24.7 Å². The minimum atomic E-state index is -3.44. The molecule has 0 unspecified atom stereocenters. The highest BCUT2D eigenvalue weighted by molar-refractivity contribution is 7.89. The predicted molar refractivity (Wildman–Crippen MR) is 76.2 cm³/mol. The van der Waals surface area contributed by atoms with Crippen LogP contribution in [-0.4, -0.2) is 45.0 Å². The summed E-state index contributed by atoms with van der Waals surface area (Å²) in [7, 11) is -0.567. The van der Waals surface area contributed by atoms with Crippen molar-refractivity contribution < 1.29 is 13.2 Å². The first kappa shape index (κ1) is 16.4. The molecule has 1 amide bonds. The molecule has 1 aliphatic rings. The third-order valence-electron chi connectivity index (χ3n) is 3.79. The highest BCUT2D eigenvalue weighted by Crippen LogP contribution is 2.30. The molecule has 0 aromatic rings. The molecule has 5 nitrogen and oxygen atoms in total. The summed E-state index contributed by atoms with van der Waals surface area (Å²) in [6, 6.07) is 0. The molecule has 1 aliphatic carbocycles. The summed E-state index contributed by atoms with van der Waals surface area (Å²) < 4.78 is 24.1. The van der Waals surface area contributed by atoms with E-state index in [1.807, 2.05) is 0 Å². The summed E-state index contributed by atoms with van der Waals surface area (Å²) in [5.74, 6) is 0.594. The molecule has 1 saturated carbocycles. The van der Waals surface area contributed by atoms with Crippen molar-refractivity contribution >= 4 is 15.9 Å². The second-order valence-electron chi connectivity index (χ2n) is 5.82. The van der Waals surface area contributed by atoms with Gasteiger partial charge in [0.15, 0.2) is 0 Å². The summed E-state index contributed by atoms with van der Waals surface area (Å²) in [5.41, 5.74) is 0. The molecule has 0 aliphatic heterocycles. The summed E-state index contributed by atoms with van der Waals surface area (Å²) in [5, 5.41) is 2.71. The third-order valence-corrected chi connectivity index (χ3v) is 5.53. The number of sulfonamides is 1. The summed E-state index contributed by atoms with van der Waals surface area (Å²) in [6.07, 6.45) is 6.00. The average Bonchev–Trinajstić information content (AvgIpc) is 2.28. The molecule has 0 aromatic carbocycles. The molecule has 2 atom stereocenters. The number of hydrogen-bond donors (Lipinski definition) is 1. The van der Waals surface area contributed by atoms with E-state index < -0.39 is 21.7 Å². The maximum absolute atomic E-state index is 11.6. The van der Waals surface area contributed by atoms with E-state index in [9.17, 15) is 13.2 Å². The average molecular weight is 290 g/mol. The van der Waals surface area contributed by atoms with Crippen LogP contribution < -0.4 is 5.32 Å². The van der Waals surface area contributed by atoms with Crippen molar-refractivity contribution in [1.29, 1.82) is 0 Å². The Morgan fingerprint density at radius 3 is 2.58 bits per heavy atom. The van der Waals surface area contributed by atoms with Gasteiger partial charge in [0.25, 0.3) is 0 Å². The van der Waals surface area contributed by atoms with E-state index in [1.54, 1.807) is 0 Å². The maximum Gasteiger partial charge on any atom is 0.236 e. The quantitative estimate of drug-likeness (QED) is 0.799. The molecule has 0 radical (unpaired) electrons. The zero-order valence-corrected chi connectivity index (χ0v) is 13.0. The lowest BCUT2D eigenvalue weighted by molar-refractivity contribution is -0.118. The molecule has 112 valence electrons. The lowest BCUT2D eigenvalue weighted by Crippen LogP contribution is -2.36. The highest BCUT2D eigenvalue weighted by atomic mass is 32.2. The fraction of sp³-hybridized carbons (Fsp3) is 0.923. The molecule has 0 aromatic heterocycles. The molecular weight excluding hydrogens is 264 g/mol. The topological polar surface area (TPSA) is 66.5 Å². The molecule has 0 bridgehead atoms. The fourth-order valence-electron chi connectivity index (χ4n) is 2.58. The molecule has 6 heteroatoms. The van der Waals surface area contributed by atoms with Crippen LogP contribution >= 0.6 is 0 Å². The minimum Gasteiger partial charge on any atom is -0.355 e. The Labute approximate surface area is 116 Å². The molecule has 1 fully saturated rings. The Kier molecular flexibility index (Phi) is 6.26. The summed E-state index contributed by atoms with van der Waals surface area (Å²) >= 11 is 0. The Bertz CT molecular complexity index is 393.